The minimum Gasteiger partial charge on any atom is -0.504 e. The minimum absolute atomic E-state index is 0.0285. The van der Waals surface area contributed by atoms with Gasteiger partial charge in [-0.2, -0.15) is 0 Å². The van der Waals surface area contributed by atoms with E-state index in [1.807, 2.05) is 30.3 Å². The second kappa shape index (κ2) is 4.99. The molecular formula is C18H18N2O3. The van der Waals surface area contributed by atoms with Crippen LogP contribution in [0.3, 0.4) is 0 Å². The molecule has 2 atom stereocenters. The normalized spacial score (nSPS) is 25.4. The van der Waals surface area contributed by atoms with Gasteiger partial charge in [0.25, 0.3) is 0 Å². The van der Waals surface area contributed by atoms with Crippen LogP contribution in [0, 0.1) is 0 Å². The molecule has 1 spiro atoms. The van der Waals surface area contributed by atoms with Gasteiger partial charge in [0.15, 0.2) is 11.5 Å². The summed E-state index contributed by atoms with van der Waals surface area (Å²) in [5.74, 6) is 0.540. The minimum atomic E-state index is -0.613. The van der Waals surface area contributed by atoms with Crippen molar-refractivity contribution < 1.29 is 14.6 Å². The van der Waals surface area contributed by atoms with E-state index in [9.17, 15) is 9.90 Å². The lowest BCUT2D eigenvalue weighted by Crippen LogP contribution is -2.39. The molecule has 2 heterocycles. The molecule has 4 rings (SSSR count). The molecule has 2 aliphatic rings. The van der Waals surface area contributed by atoms with Crippen molar-refractivity contribution >= 4 is 11.6 Å². The van der Waals surface area contributed by atoms with Crippen molar-refractivity contribution in [1.82, 2.24) is 5.32 Å². The molecule has 0 radical (unpaired) electrons. The number of fused-ring (bicyclic) bond motifs is 2. The molecular weight excluding hydrogens is 292 g/mol. The number of carbonyl (C=O) groups is 1. The fraction of sp³-hybridized carbons (Fsp3) is 0.278. The molecule has 2 aromatic rings. The van der Waals surface area contributed by atoms with E-state index in [-0.39, 0.29) is 17.7 Å². The number of amides is 1. The first kappa shape index (κ1) is 14.1. The Labute approximate surface area is 134 Å². The first-order valence-corrected chi connectivity index (χ1v) is 7.68. The summed E-state index contributed by atoms with van der Waals surface area (Å²) in [6.07, 6.45) is 0.740. The number of carbonyl (C=O) groups excluding carboxylic acids is 1. The number of nitrogens with one attached hydrogen (secondary N) is 2. The zero-order valence-electron chi connectivity index (χ0n) is 12.8. The van der Waals surface area contributed by atoms with Crippen molar-refractivity contribution in [3.05, 3.63) is 53.6 Å². The van der Waals surface area contributed by atoms with Gasteiger partial charge in [-0.3, -0.25) is 4.79 Å². The van der Waals surface area contributed by atoms with Gasteiger partial charge in [0.05, 0.1) is 18.6 Å². The average molecular weight is 310 g/mol. The summed E-state index contributed by atoms with van der Waals surface area (Å²) in [6, 6.07) is 13.0. The van der Waals surface area contributed by atoms with Crippen LogP contribution >= 0.6 is 0 Å². The second-order valence-electron chi connectivity index (χ2n) is 6.04. The lowest BCUT2D eigenvalue weighted by molar-refractivity contribution is -0.121. The smallest absolute Gasteiger partial charge is 0.237 e. The molecule has 0 bridgehead atoms. The van der Waals surface area contributed by atoms with Crippen molar-refractivity contribution in [1.29, 1.82) is 0 Å². The zero-order valence-corrected chi connectivity index (χ0v) is 12.8. The molecule has 23 heavy (non-hydrogen) atoms. The van der Waals surface area contributed by atoms with Crippen molar-refractivity contribution in [2.24, 2.45) is 0 Å². The molecule has 0 aliphatic carbocycles. The summed E-state index contributed by atoms with van der Waals surface area (Å²) in [6.45, 7) is 0.760. The largest absolute Gasteiger partial charge is 0.504 e. The van der Waals surface area contributed by atoms with E-state index >= 15 is 0 Å². The Morgan fingerprint density at radius 1 is 1.26 bits per heavy atom. The van der Waals surface area contributed by atoms with Crippen LogP contribution in [0.15, 0.2) is 42.5 Å². The third kappa shape index (κ3) is 1.86. The van der Waals surface area contributed by atoms with Gasteiger partial charge in [0, 0.05) is 5.69 Å². The number of rotatable bonds is 2. The standard InChI is InChI=1S/C18H18N2O3/c1-23-15-10-11(6-7-14(15)21)16-18(8-9-19-16)12-4-2-3-5-13(12)20-17(18)22/h2-7,10,16,19,21H,8-9H2,1H3,(H,20,22)/t16-,18+/m0/s1. The van der Waals surface area contributed by atoms with E-state index in [0.29, 0.717) is 5.75 Å². The maximum Gasteiger partial charge on any atom is 0.237 e. The molecule has 0 saturated carbocycles. The number of phenolic OH excluding ortho intramolecular Hbond substituents is 1. The number of aromatic hydroxyl groups is 1. The Morgan fingerprint density at radius 2 is 2.09 bits per heavy atom. The lowest BCUT2D eigenvalue weighted by Gasteiger charge is -2.29. The van der Waals surface area contributed by atoms with Gasteiger partial charge in [-0.25, -0.2) is 0 Å². The van der Waals surface area contributed by atoms with Gasteiger partial charge < -0.3 is 20.5 Å². The van der Waals surface area contributed by atoms with Crippen LogP contribution in [0.4, 0.5) is 5.69 Å². The van der Waals surface area contributed by atoms with Crippen LogP contribution in [0.25, 0.3) is 0 Å². The Bertz CT molecular complexity index is 790. The summed E-state index contributed by atoms with van der Waals surface area (Å²) in [4.78, 5) is 12.8. The van der Waals surface area contributed by atoms with E-state index in [2.05, 4.69) is 10.6 Å². The highest BCUT2D eigenvalue weighted by Crippen LogP contribution is 2.51. The van der Waals surface area contributed by atoms with E-state index < -0.39 is 5.41 Å². The molecule has 3 N–H and O–H groups in total. The summed E-state index contributed by atoms with van der Waals surface area (Å²) in [5.41, 5.74) is 2.24. The number of anilines is 1. The van der Waals surface area contributed by atoms with Crippen LogP contribution in [0.1, 0.15) is 23.6 Å². The topological polar surface area (TPSA) is 70.6 Å². The monoisotopic (exact) mass is 310 g/mol. The first-order chi connectivity index (χ1) is 11.2. The van der Waals surface area contributed by atoms with Crippen LogP contribution in [0.2, 0.25) is 0 Å². The molecule has 0 unspecified atom stereocenters. The first-order valence-electron chi connectivity index (χ1n) is 7.68. The van der Waals surface area contributed by atoms with Gasteiger partial charge in [0.1, 0.15) is 0 Å². The number of ether oxygens (including phenoxy) is 1. The molecule has 1 fully saturated rings. The third-order valence-electron chi connectivity index (χ3n) is 4.96. The van der Waals surface area contributed by atoms with Crippen molar-refractivity contribution in [2.75, 3.05) is 19.0 Å². The lowest BCUT2D eigenvalue weighted by atomic mass is 9.73. The Morgan fingerprint density at radius 3 is 2.91 bits per heavy atom. The summed E-state index contributed by atoms with van der Waals surface area (Å²) >= 11 is 0. The highest BCUT2D eigenvalue weighted by molar-refractivity contribution is 6.07. The maximum absolute atomic E-state index is 12.8. The number of para-hydroxylation sites is 1. The van der Waals surface area contributed by atoms with Crippen molar-refractivity contribution in [3.63, 3.8) is 0 Å². The van der Waals surface area contributed by atoms with Gasteiger partial charge in [-0.05, 0) is 42.3 Å². The van der Waals surface area contributed by atoms with Gasteiger partial charge in [0.2, 0.25) is 5.91 Å². The van der Waals surface area contributed by atoms with E-state index in [4.69, 9.17) is 4.74 Å². The van der Waals surface area contributed by atoms with E-state index in [1.54, 1.807) is 12.1 Å². The van der Waals surface area contributed by atoms with Crippen LogP contribution in [0.5, 0.6) is 11.5 Å². The average Bonchev–Trinajstić information content (AvgIpc) is 3.12. The van der Waals surface area contributed by atoms with Gasteiger partial charge in [-0.1, -0.05) is 24.3 Å². The summed E-state index contributed by atoms with van der Waals surface area (Å²) in [5, 5.41) is 16.3. The Hall–Kier alpha value is -2.53. The highest BCUT2D eigenvalue weighted by atomic mass is 16.5. The molecule has 5 nitrogen and oxygen atoms in total. The summed E-state index contributed by atoms with van der Waals surface area (Å²) < 4.78 is 5.21. The van der Waals surface area contributed by atoms with Crippen LogP contribution in [-0.4, -0.2) is 24.7 Å². The number of benzene rings is 2. The SMILES string of the molecule is COc1cc([C@@H]2NCC[C@]23C(=O)Nc2ccccc23)ccc1O. The van der Waals surface area contributed by atoms with Crippen molar-refractivity contribution in [2.45, 2.75) is 17.9 Å². The predicted molar refractivity (Wildman–Crippen MR) is 86.8 cm³/mol. The predicted octanol–water partition coefficient (Wildman–Crippen LogP) is 2.33. The fourth-order valence-electron chi connectivity index (χ4n) is 3.88. The number of methoxy groups -OCH3 is 1. The molecule has 1 saturated heterocycles. The van der Waals surface area contributed by atoms with E-state index in [1.165, 1.54) is 7.11 Å². The Balaban J connectivity index is 1.85. The molecule has 1 amide bonds. The molecule has 2 aromatic carbocycles. The highest BCUT2D eigenvalue weighted by Gasteiger charge is 2.55. The van der Waals surface area contributed by atoms with Crippen molar-refractivity contribution in [3.8, 4) is 11.5 Å². The Kier molecular flexibility index (Phi) is 3.06. The van der Waals surface area contributed by atoms with Crippen LogP contribution < -0.4 is 15.4 Å². The zero-order chi connectivity index (χ0) is 16.0. The number of hydrogen-bond acceptors (Lipinski definition) is 4. The second-order valence-corrected chi connectivity index (χ2v) is 6.04. The van der Waals surface area contributed by atoms with E-state index in [0.717, 1.165) is 29.8 Å². The van der Waals surface area contributed by atoms with Gasteiger partial charge >= 0.3 is 0 Å². The van der Waals surface area contributed by atoms with Gasteiger partial charge in [-0.15, -0.1) is 0 Å². The maximum atomic E-state index is 12.8. The van der Waals surface area contributed by atoms with Crippen LogP contribution in [-0.2, 0) is 10.2 Å². The number of hydrogen-bond donors (Lipinski definition) is 3. The molecule has 2 aliphatic heterocycles. The third-order valence-corrected chi connectivity index (χ3v) is 4.96. The number of phenols is 1. The molecule has 5 heteroatoms. The summed E-state index contributed by atoms with van der Waals surface area (Å²) in [7, 11) is 1.52. The molecule has 0 aromatic heterocycles. The fourth-order valence-corrected chi connectivity index (χ4v) is 3.88. The quantitative estimate of drug-likeness (QED) is 0.796. The molecule has 118 valence electrons.